The number of non-ortho nitro benzene ring substituents is 1. The summed E-state index contributed by atoms with van der Waals surface area (Å²) in [6.45, 7) is 2.01. The fraction of sp³-hybridized carbons (Fsp3) is 0.211. The average Bonchev–Trinajstić information content (AvgIpc) is 2.66. The van der Waals surface area contributed by atoms with Crippen LogP contribution in [0.4, 0.5) is 17.1 Å². The molecule has 0 radical (unpaired) electrons. The Morgan fingerprint density at radius 3 is 2.48 bits per heavy atom. The number of nitro groups is 1. The third kappa shape index (κ3) is 6.81. The molecule has 0 unspecified atom stereocenters. The highest BCUT2D eigenvalue weighted by atomic mass is 35.5. The first kappa shape index (κ1) is 22.3. The van der Waals surface area contributed by atoms with Gasteiger partial charge in [-0.25, -0.2) is 0 Å². The molecule has 0 aliphatic carbocycles. The summed E-state index contributed by atoms with van der Waals surface area (Å²) >= 11 is 11.1. The van der Waals surface area contributed by atoms with Gasteiger partial charge in [0.05, 0.1) is 15.5 Å². The number of nitro benzene ring substituents is 1. The second-order valence-electron chi connectivity index (χ2n) is 6.06. The molecule has 0 aliphatic rings. The molecule has 2 amide bonds. The Kier molecular flexibility index (Phi) is 8.05. The largest absolute Gasteiger partial charge is 0.332 e. The Balaban J connectivity index is 2.01. The zero-order valence-corrected chi connectivity index (χ0v) is 17.1. The number of thiocarbonyl (C=S) groups is 1. The SMILES string of the molecule is CCCCC(=O)Nc1cccc(NC(=S)NC(=O)c2cc([N+](=O)[O-])ccc2Cl)c1. The number of nitrogens with zero attached hydrogens (tertiary/aromatic N) is 1. The molecule has 10 heteroatoms. The van der Waals surface area contributed by atoms with Crippen LogP contribution in [0.2, 0.25) is 5.02 Å². The molecule has 0 saturated heterocycles. The Hall–Kier alpha value is -3.04. The van der Waals surface area contributed by atoms with Crippen molar-refractivity contribution >= 4 is 57.8 Å². The molecule has 0 saturated carbocycles. The van der Waals surface area contributed by atoms with Crippen LogP contribution in [0.25, 0.3) is 0 Å². The van der Waals surface area contributed by atoms with Crippen molar-refractivity contribution in [3.63, 3.8) is 0 Å². The van der Waals surface area contributed by atoms with Gasteiger partial charge < -0.3 is 10.6 Å². The summed E-state index contributed by atoms with van der Waals surface area (Å²) in [5.74, 6) is -0.764. The van der Waals surface area contributed by atoms with Crippen molar-refractivity contribution in [2.24, 2.45) is 0 Å². The number of nitrogens with one attached hydrogen (secondary N) is 3. The number of hydrogen-bond donors (Lipinski definition) is 3. The topological polar surface area (TPSA) is 113 Å². The van der Waals surface area contributed by atoms with E-state index >= 15 is 0 Å². The summed E-state index contributed by atoms with van der Waals surface area (Å²) in [6.07, 6.45) is 2.17. The van der Waals surface area contributed by atoms with E-state index in [1.54, 1.807) is 24.3 Å². The Labute approximate surface area is 177 Å². The van der Waals surface area contributed by atoms with E-state index in [0.29, 0.717) is 17.8 Å². The highest BCUT2D eigenvalue weighted by Crippen LogP contribution is 2.22. The number of carbonyl (C=O) groups is 2. The second-order valence-corrected chi connectivity index (χ2v) is 6.88. The third-order valence-electron chi connectivity index (χ3n) is 3.79. The third-order valence-corrected chi connectivity index (χ3v) is 4.33. The number of hydrogen-bond acceptors (Lipinski definition) is 5. The van der Waals surface area contributed by atoms with Gasteiger partial charge in [0.25, 0.3) is 11.6 Å². The lowest BCUT2D eigenvalue weighted by Gasteiger charge is -2.12. The van der Waals surface area contributed by atoms with Crippen LogP contribution in [0.3, 0.4) is 0 Å². The lowest BCUT2D eigenvalue weighted by Crippen LogP contribution is -2.34. The predicted octanol–water partition coefficient (Wildman–Crippen LogP) is 4.50. The van der Waals surface area contributed by atoms with E-state index in [-0.39, 0.29) is 27.3 Å². The summed E-state index contributed by atoms with van der Waals surface area (Å²) in [7, 11) is 0. The molecule has 3 N–H and O–H groups in total. The predicted molar refractivity (Wildman–Crippen MR) is 116 cm³/mol. The van der Waals surface area contributed by atoms with Gasteiger partial charge in [0, 0.05) is 29.9 Å². The van der Waals surface area contributed by atoms with Crippen LogP contribution in [0.5, 0.6) is 0 Å². The number of amides is 2. The molecule has 0 spiro atoms. The van der Waals surface area contributed by atoms with Gasteiger partial charge in [-0.2, -0.15) is 0 Å². The normalized spacial score (nSPS) is 10.1. The van der Waals surface area contributed by atoms with Gasteiger partial charge in [0.1, 0.15) is 0 Å². The minimum atomic E-state index is -0.680. The monoisotopic (exact) mass is 434 g/mol. The van der Waals surface area contributed by atoms with Crippen LogP contribution >= 0.6 is 23.8 Å². The molecule has 0 fully saturated rings. The van der Waals surface area contributed by atoms with Crippen molar-refractivity contribution in [2.75, 3.05) is 10.6 Å². The van der Waals surface area contributed by atoms with E-state index < -0.39 is 10.8 Å². The number of benzene rings is 2. The molecule has 0 aromatic heterocycles. The highest BCUT2D eigenvalue weighted by Gasteiger charge is 2.17. The molecule has 8 nitrogen and oxygen atoms in total. The van der Waals surface area contributed by atoms with Crippen LogP contribution in [-0.2, 0) is 4.79 Å². The van der Waals surface area contributed by atoms with E-state index in [2.05, 4.69) is 16.0 Å². The maximum atomic E-state index is 12.4. The number of halogens is 1. The highest BCUT2D eigenvalue weighted by molar-refractivity contribution is 7.80. The molecular weight excluding hydrogens is 416 g/mol. The van der Waals surface area contributed by atoms with Crippen LogP contribution in [0.1, 0.15) is 36.5 Å². The number of unbranched alkanes of at least 4 members (excludes halogenated alkanes) is 1. The molecule has 29 heavy (non-hydrogen) atoms. The van der Waals surface area contributed by atoms with Gasteiger partial charge in [-0.15, -0.1) is 0 Å². The Morgan fingerprint density at radius 2 is 1.83 bits per heavy atom. The van der Waals surface area contributed by atoms with Crippen molar-refractivity contribution in [1.82, 2.24) is 5.32 Å². The molecule has 152 valence electrons. The maximum Gasteiger partial charge on any atom is 0.270 e. The van der Waals surface area contributed by atoms with Crippen LogP contribution in [0.15, 0.2) is 42.5 Å². The standard InChI is InChI=1S/C19H19ClN4O4S/c1-2-3-7-17(25)21-12-5-4-6-13(10-12)22-19(29)23-18(26)15-11-14(24(27)28)8-9-16(15)20/h4-6,8-11H,2-3,7H2,1H3,(H,21,25)(H2,22,23,26,29). The van der Waals surface area contributed by atoms with Crippen molar-refractivity contribution in [2.45, 2.75) is 26.2 Å². The first-order valence-electron chi connectivity index (χ1n) is 8.76. The summed E-state index contributed by atoms with van der Waals surface area (Å²) < 4.78 is 0. The average molecular weight is 435 g/mol. The Bertz CT molecular complexity index is 952. The van der Waals surface area contributed by atoms with Crippen molar-refractivity contribution in [3.05, 3.63) is 63.2 Å². The van der Waals surface area contributed by atoms with E-state index in [0.717, 1.165) is 18.9 Å². The van der Waals surface area contributed by atoms with E-state index in [1.807, 2.05) is 6.92 Å². The number of rotatable bonds is 7. The summed E-state index contributed by atoms with van der Waals surface area (Å²) in [5.41, 5.74) is 0.813. The molecule has 2 aromatic rings. The maximum absolute atomic E-state index is 12.4. The van der Waals surface area contributed by atoms with Crippen molar-refractivity contribution in [1.29, 1.82) is 0 Å². The number of carbonyl (C=O) groups excluding carboxylic acids is 2. The quantitative estimate of drug-likeness (QED) is 0.336. The lowest BCUT2D eigenvalue weighted by molar-refractivity contribution is -0.384. The zero-order valence-electron chi connectivity index (χ0n) is 15.5. The van der Waals surface area contributed by atoms with Crippen LogP contribution in [0, 0.1) is 10.1 Å². The first-order valence-corrected chi connectivity index (χ1v) is 9.55. The van der Waals surface area contributed by atoms with Gasteiger partial charge in [-0.1, -0.05) is 31.0 Å². The van der Waals surface area contributed by atoms with Crippen LogP contribution in [-0.4, -0.2) is 21.9 Å². The van der Waals surface area contributed by atoms with Gasteiger partial charge in [0.15, 0.2) is 5.11 Å². The minimum absolute atomic E-state index is 0.0213. The molecule has 2 rings (SSSR count). The summed E-state index contributed by atoms with van der Waals surface area (Å²) in [4.78, 5) is 34.4. The Morgan fingerprint density at radius 1 is 1.14 bits per heavy atom. The fourth-order valence-corrected chi connectivity index (χ4v) is 2.78. The first-order chi connectivity index (χ1) is 13.8. The molecule has 0 aliphatic heterocycles. The van der Waals surface area contributed by atoms with Gasteiger partial charge >= 0.3 is 0 Å². The van der Waals surface area contributed by atoms with Crippen LogP contribution < -0.4 is 16.0 Å². The van der Waals surface area contributed by atoms with E-state index in [9.17, 15) is 19.7 Å². The zero-order chi connectivity index (χ0) is 21.4. The summed E-state index contributed by atoms with van der Waals surface area (Å²) in [5, 5.41) is 19.0. The molecule has 0 heterocycles. The molecule has 2 aromatic carbocycles. The molecular formula is C19H19ClN4O4S. The summed E-state index contributed by atoms with van der Waals surface area (Å²) in [6, 6.07) is 10.4. The minimum Gasteiger partial charge on any atom is -0.332 e. The second kappa shape index (κ2) is 10.5. The van der Waals surface area contributed by atoms with E-state index in [1.165, 1.54) is 12.1 Å². The fourth-order valence-electron chi connectivity index (χ4n) is 2.37. The van der Waals surface area contributed by atoms with E-state index in [4.69, 9.17) is 23.8 Å². The van der Waals surface area contributed by atoms with Crippen molar-refractivity contribution in [3.8, 4) is 0 Å². The van der Waals surface area contributed by atoms with Crippen molar-refractivity contribution < 1.29 is 14.5 Å². The van der Waals surface area contributed by atoms with Gasteiger partial charge in [-0.3, -0.25) is 25.0 Å². The van der Waals surface area contributed by atoms with Gasteiger partial charge in [0.2, 0.25) is 5.91 Å². The number of anilines is 2. The molecule has 0 bridgehead atoms. The molecule has 0 atom stereocenters. The van der Waals surface area contributed by atoms with Gasteiger partial charge in [-0.05, 0) is 42.9 Å². The lowest BCUT2D eigenvalue weighted by atomic mass is 10.2. The smallest absolute Gasteiger partial charge is 0.270 e.